The Balaban J connectivity index is 2.27. The van der Waals surface area contributed by atoms with Crippen LogP contribution in [0.15, 0.2) is 47.4 Å². The van der Waals surface area contributed by atoms with Crippen LogP contribution in [0.4, 0.5) is 18.9 Å². The zero-order valence-electron chi connectivity index (χ0n) is 13.2. The molecule has 0 fully saturated rings. The Kier molecular flexibility index (Phi) is 5.59. The predicted molar refractivity (Wildman–Crippen MR) is 88.2 cm³/mol. The molecule has 0 aliphatic carbocycles. The molecule has 2 rings (SSSR count). The molecule has 0 aliphatic heterocycles. The van der Waals surface area contributed by atoms with Crippen LogP contribution in [0, 0.1) is 10.1 Å². The maximum Gasteiger partial charge on any atom is 0.416 e. The van der Waals surface area contributed by atoms with E-state index < -0.39 is 32.4 Å². The highest BCUT2D eigenvalue weighted by Gasteiger charge is 2.30. The summed E-state index contributed by atoms with van der Waals surface area (Å²) in [5.74, 6) is 0. The van der Waals surface area contributed by atoms with Crippen LogP contribution in [0.2, 0.25) is 5.02 Å². The van der Waals surface area contributed by atoms with Crippen LogP contribution in [0.3, 0.4) is 0 Å². The van der Waals surface area contributed by atoms with Crippen molar-refractivity contribution >= 4 is 27.3 Å². The van der Waals surface area contributed by atoms with E-state index in [2.05, 4.69) is 0 Å². The van der Waals surface area contributed by atoms with Crippen molar-refractivity contribution in [2.24, 2.45) is 0 Å². The third-order valence-electron chi connectivity index (χ3n) is 3.51. The van der Waals surface area contributed by atoms with E-state index in [1.165, 1.54) is 19.2 Å². The molecule has 140 valence electrons. The van der Waals surface area contributed by atoms with E-state index in [-0.39, 0.29) is 16.5 Å². The average Bonchev–Trinajstić information content (AvgIpc) is 2.54. The van der Waals surface area contributed by atoms with Crippen LogP contribution in [-0.2, 0) is 22.7 Å². The lowest BCUT2D eigenvalue weighted by molar-refractivity contribution is -0.384. The molecule has 0 saturated carbocycles. The van der Waals surface area contributed by atoms with Crippen molar-refractivity contribution in [3.63, 3.8) is 0 Å². The molecule has 0 aromatic heterocycles. The lowest BCUT2D eigenvalue weighted by atomic mass is 10.1. The first-order chi connectivity index (χ1) is 11.9. The van der Waals surface area contributed by atoms with Crippen molar-refractivity contribution in [3.8, 4) is 0 Å². The number of hydrogen-bond acceptors (Lipinski definition) is 4. The monoisotopic (exact) mass is 408 g/mol. The van der Waals surface area contributed by atoms with Gasteiger partial charge in [0.2, 0.25) is 10.0 Å². The largest absolute Gasteiger partial charge is 0.416 e. The lowest BCUT2D eigenvalue weighted by Crippen LogP contribution is -2.26. The molecule has 0 heterocycles. The van der Waals surface area contributed by atoms with Gasteiger partial charge in [-0.3, -0.25) is 10.1 Å². The van der Waals surface area contributed by atoms with Gasteiger partial charge in [-0.2, -0.15) is 17.5 Å². The van der Waals surface area contributed by atoms with E-state index in [4.69, 9.17) is 11.6 Å². The maximum atomic E-state index is 12.6. The number of nitro benzene ring substituents is 1. The summed E-state index contributed by atoms with van der Waals surface area (Å²) >= 11 is 5.66. The minimum absolute atomic E-state index is 0.209. The molecule has 0 bridgehead atoms. The molecule has 0 N–H and O–H groups in total. The van der Waals surface area contributed by atoms with Gasteiger partial charge >= 0.3 is 6.18 Å². The third-order valence-corrected chi connectivity index (χ3v) is 5.63. The van der Waals surface area contributed by atoms with E-state index >= 15 is 0 Å². The van der Waals surface area contributed by atoms with Crippen molar-refractivity contribution in [2.75, 3.05) is 7.05 Å². The lowest BCUT2D eigenvalue weighted by Gasteiger charge is -2.18. The van der Waals surface area contributed by atoms with Crippen LogP contribution in [0.5, 0.6) is 0 Å². The van der Waals surface area contributed by atoms with Gasteiger partial charge in [0.05, 0.1) is 15.4 Å². The average molecular weight is 409 g/mol. The number of sulfonamides is 1. The van der Waals surface area contributed by atoms with Crippen molar-refractivity contribution in [1.82, 2.24) is 4.31 Å². The first-order valence-corrected chi connectivity index (χ1v) is 8.81. The van der Waals surface area contributed by atoms with Gasteiger partial charge < -0.3 is 0 Å². The van der Waals surface area contributed by atoms with Crippen molar-refractivity contribution in [3.05, 3.63) is 68.7 Å². The molecule has 0 saturated heterocycles. The van der Waals surface area contributed by atoms with E-state index in [9.17, 15) is 31.7 Å². The summed E-state index contributed by atoms with van der Waals surface area (Å²) in [5.41, 5.74) is -1.08. The molecular weight excluding hydrogens is 397 g/mol. The second-order valence-corrected chi connectivity index (χ2v) is 7.78. The van der Waals surface area contributed by atoms with Gasteiger partial charge in [-0.25, -0.2) is 8.42 Å². The Morgan fingerprint density at radius 3 is 2.23 bits per heavy atom. The van der Waals surface area contributed by atoms with Crippen LogP contribution >= 0.6 is 11.6 Å². The molecule has 2 aromatic carbocycles. The number of halogens is 4. The van der Waals surface area contributed by atoms with Crippen LogP contribution in [0.25, 0.3) is 0 Å². The summed E-state index contributed by atoms with van der Waals surface area (Å²) < 4.78 is 63.6. The van der Waals surface area contributed by atoms with E-state index in [0.717, 1.165) is 34.6 Å². The first-order valence-electron chi connectivity index (χ1n) is 6.99. The predicted octanol–water partition coefficient (Wildman–Crippen LogP) is 4.09. The summed E-state index contributed by atoms with van der Waals surface area (Å²) in [6.07, 6.45) is -4.49. The highest BCUT2D eigenvalue weighted by molar-refractivity contribution is 7.89. The molecular formula is C15H12ClF3N2O4S. The number of nitrogens with zero attached hydrogens (tertiary/aromatic N) is 2. The second kappa shape index (κ2) is 7.22. The normalized spacial score (nSPS) is 12.4. The molecule has 2 aromatic rings. The van der Waals surface area contributed by atoms with Crippen LogP contribution < -0.4 is 0 Å². The molecule has 0 spiro atoms. The summed E-state index contributed by atoms with van der Waals surface area (Å²) in [7, 11) is -2.88. The number of rotatable bonds is 5. The fourth-order valence-electron chi connectivity index (χ4n) is 2.11. The Hall–Kier alpha value is -2.17. The number of alkyl halides is 3. The Morgan fingerprint density at radius 2 is 1.73 bits per heavy atom. The Labute approximate surface area is 152 Å². The van der Waals surface area contributed by atoms with Gasteiger partial charge in [0.25, 0.3) is 5.69 Å². The van der Waals surface area contributed by atoms with Crippen molar-refractivity contribution < 1.29 is 26.5 Å². The quantitative estimate of drug-likeness (QED) is 0.551. The molecule has 0 radical (unpaired) electrons. The molecule has 6 nitrogen and oxygen atoms in total. The molecule has 11 heteroatoms. The van der Waals surface area contributed by atoms with Gasteiger partial charge in [-0.15, -0.1) is 0 Å². The standard InChI is InChI=1S/C15H12ClF3N2O4S/c1-20(9-10-2-4-11(5-3-10)15(17,18)19)26(24,25)12-6-7-13(16)14(8-12)21(22)23/h2-8H,9H2,1H3. The van der Waals surface area contributed by atoms with Gasteiger partial charge in [-0.05, 0) is 29.8 Å². The van der Waals surface area contributed by atoms with Crippen molar-refractivity contribution in [2.45, 2.75) is 17.6 Å². The molecule has 0 amide bonds. The smallest absolute Gasteiger partial charge is 0.258 e. The maximum absolute atomic E-state index is 12.6. The molecule has 0 aliphatic rings. The number of hydrogen-bond donors (Lipinski definition) is 0. The fraction of sp³-hybridized carbons (Fsp3) is 0.200. The summed E-state index contributed by atoms with van der Waals surface area (Å²) in [6.45, 7) is -0.211. The SMILES string of the molecule is CN(Cc1ccc(C(F)(F)F)cc1)S(=O)(=O)c1ccc(Cl)c([N+](=O)[O-])c1. The van der Waals surface area contributed by atoms with E-state index in [1.807, 2.05) is 0 Å². The van der Waals surface area contributed by atoms with E-state index in [0.29, 0.717) is 5.56 Å². The third kappa shape index (κ3) is 4.32. The van der Waals surface area contributed by atoms with Gasteiger partial charge in [0, 0.05) is 19.7 Å². The summed E-state index contributed by atoms with van der Waals surface area (Å²) in [5, 5.41) is 10.7. The second-order valence-electron chi connectivity index (χ2n) is 5.33. The van der Waals surface area contributed by atoms with Crippen LogP contribution in [-0.4, -0.2) is 24.7 Å². The van der Waals surface area contributed by atoms with Gasteiger partial charge in [0.15, 0.2) is 0 Å². The highest BCUT2D eigenvalue weighted by Crippen LogP contribution is 2.30. The molecule has 0 unspecified atom stereocenters. The van der Waals surface area contributed by atoms with Gasteiger partial charge in [-0.1, -0.05) is 23.7 Å². The zero-order chi connectivity index (χ0) is 19.7. The number of nitro groups is 1. The summed E-state index contributed by atoms with van der Waals surface area (Å²) in [4.78, 5) is 9.74. The van der Waals surface area contributed by atoms with Crippen LogP contribution in [0.1, 0.15) is 11.1 Å². The topological polar surface area (TPSA) is 80.5 Å². The molecule has 0 atom stereocenters. The van der Waals surface area contributed by atoms with E-state index in [1.54, 1.807) is 0 Å². The minimum atomic E-state index is -4.49. The highest BCUT2D eigenvalue weighted by atomic mass is 35.5. The number of benzene rings is 2. The first kappa shape index (κ1) is 20.1. The summed E-state index contributed by atoms with van der Waals surface area (Å²) in [6, 6.07) is 7.08. The minimum Gasteiger partial charge on any atom is -0.258 e. The Morgan fingerprint density at radius 1 is 1.15 bits per heavy atom. The van der Waals surface area contributed by atoms with Crippen molar-refractivity contribution in [1.29, 1.82) is 0 Å². The van der Waals surface area contributed by atoms with Gasteiger partial charge in [0.1, 0.15) is 5.02 Å². The molecule has 26 heavy (non-hydrogen) atoms. The fourth-order valence-corrected chi connectivity index (χ4v) is 3.48. The Bertz CT molecular complexity index is 931. The zero-order valence-corrected chi connectivity index (χ0v) is 14.8.